The summed E-state index contributed by atoms with van der Waals surface area (Å²) in [5.74, 6) is 0.943. The van der Waals surface area contributed by atoms with Gasteiger partial charge in [0.2, 0.25) is 0 Å². The summed E-state index contributed by atoms with van der Waals surface area (Å²) >= 11 is 1.39. The van der Waals surface area contributed by atoms with Crippen LogP contribution in [0.1, 0.15) is 26.1 Å². The highest BCUT2D eigenvalue weighted by atomic mass is 32.2. The number of benzene rings is 2. The quantitative estimate of drug-likeness (QED) is 0.257. The minimum atomic E-state index is -0.170. The number of hydrogen-bond acceptors (Lipinski definition) is 6. The summed E-state index contributed by atoms with van der Waals surface area (Å²) in [7, 11) is 0. The Kier molecular flexibility index (Phi) is 6.48. The zero-order valence-electron chi connectivity index (χ0n) is 17.5. The maximum atomic E-state index is 13.1. The molecule has 0 amide bonds. The van der Waals surface area contributed by atoms with Crippen LogP contribution in [0.25, 0.3) is 21.8 Å². The van der Waals surface area contributed by atoms with Crippen molar-refractivity contribution in [3.63, 3.8) is 0 Å². The van der Waals surface area contributed by atoms with E-state index in [4.69, 9.17) is 9.72 Å². The lowest BCUT2D eigenvalue weighted by Crippen LogP contribution is -2.24. The van der Waals surface area contributed by atoms with E-state index in [-0.39, 0.29) is 17.2 Å². The molecule has 0 saturated carbocycles. The minimum absolute atomic E-state index is 0.0717. The van der Waals surface area contributed by atoms with Gasteiger partial charge in [0, 0.05) is 13.2 Å². The Bertz CT molecular complexity index is 1330. The average molecular weight is 437 g/mol. The summed E-state index contributed by atoms with van der Waals surface area (Å²) < 4.78 is 7.31. The van der Waals surface area contributed by atoms with Crippen molar-refractivity contribution in [2.75, 3.05) is 6.61 Å². The summed E-state index contributed by atoms with van der Waals surface area (Å²) in [6.07, 6.45) is 0.854. The van der Waals surface area contributed by atoms with Crippen molar-refractivity contribution < 1.29 is 4.74 Å². The number of nitrogens with zero attached hydrogens (tertiary/aromatic N) is 3. The van der Waals surface area contributed by atoms with Gasteiger partial charge in [0.1, 0.15) is 5.82 Å². The van der Waals surface area contributed by atoms with Crippen LogP contribution in [-0.2, 0) is 17.0 Å². The molecular weight excluding hydrogens is 412 g/mol. The Labute approximate surface area is 183 Å². The fourth-order valence-electron chi connectivity index (χ4n) is 3.33. The van der Waals surface area contributed by atoms with Crippen molar-refractivity contribution in [1.82, 2.24) is 19.5 Å². The Morgan fingerprint density at radius 1 is 1.00 bits per heavy atom. The monoisotopic (exact) mass is 436 g/mol. The fraction of sp³-hybridized carbons (Fsp3) is 0.304. The zero-order valence-corrected chi connectivity index (χ0v) is 18.3. The molecule has 0 atom stereocenters. The maximum absolute atomic E-state index is 13.1. The van der Waals surface area contributed by atoms with Gasteiger partial charge in [-0.2, -0.15) is 0 Å². The molecule has 7 nitrogen and oxygen atoms in total. The largest absolute Gasteiger partial charge is 0.379 e. The van der Waals surface area contributed by atoms with Crippen LogP contribution in [0.15, 0.2) is 63.3 Å². The van der Waals surface area contributed by atoms with Gasteiger partial charge in [0.25, 0.3) is 11.1 Å². The normalized spacial score (nSPS) is 11.6. The lowest BCUT2D eigenvalue weighted by atomic mass is 10.2. The van der Waals surface area contributed by atoms with Crippen LogP contribution in [0.2, 0.25) is 0 Å². The van der Waals surface area contributed by atoms with Crippen LogP contribution in [0.4, 0.5) is 0 Å². The van der Waals surface area contributed by atoms with Gasteiger partial charge in [-0.05, 0) is 44.5 Å². The molecule has 4 aromatic rings. The molecule has 0 spiro atoms. The molecule has 31 heavy (non-hydrogen) atoms. The third-order valence-corrected chi connectivity index (χ3v) is 5.79. The predicted octanol–water partition coefficient (Wildman–Crippen LogP) is 3.74. The van der Waals surface area contributed by atoms with Crippen molar-refractivity contribution in [3.8, 4) is 0 Å². The van der Waals surface area contributed by atoms with Crippen molar-refractivity contribution in [3.05, 3.63) is 75.1 Å². The molecule has 2 aromatic heterocycles. The number of aromatic amines is 1. The molecule has 1 N–H and O–H groups in total. The molecule has 0 bridgehead atoms. The van der Waals surface area contributed by atoms with Crippen LogP contribution in [0.3, 0.4) is 0 Å². The summed E-state index contributed by atoms with van der Waals surface area (Å²) in [4.78, 5) is 37.6. The molecule has 8 heteroatoms. The highest BCUT2D eigenvalue weighted by Gasteiger charge is 2.13. The first-order valence-electron chi connectivity index (χ1n) is 10.2. The molecule has 2 aromatic carbocycles. The van der Waals surface area contributed by atoms with Gasteiger partial charge >= 0.3 is 0 Å². The number of H-pyrrole nitrogens is 1. The molecule has 160 valence electrons. The van der Waals surface area contributed by atoms with Crippen molar-refractivity contribution in [1.29, 1.82) is 0 Å². The van der Waals surface area contributed by atoms with E-state index in [1.165, 1.54) is 11.8 Å². The topological polar surface area (TPSA) is 89.9 Å². The number of rotatable bonds is 8. The molecule has 0 aliphatic carbocycles. The summed E-state index contributed by atoms with van der Waals surface area (Å²) in [5, 5.41) is 1.75. The Hall–Kier alpha value is -2.97. The van der Waals surface area contributed by atoms with E-state index >= 15 is 0 Å². The first kappa shape index (κ1) is 21.3. The van der Waals surface area contributed by atoms with Gasteiger partial charge < -0.3 is 9.72 Å². The number of ether oxygens (including phenoxy) is 1. The molecule has 2 heterocycles. The summed E-state index contributed by atoms with van der Waals surface area (Å²) in [6, 6.07) is 14.6. The zero-order chi connectivity index (χ0) is 21.8. The minimum Gasteiger partial charge on any atom is -0.379 e. The third kappa shape index (κ3) is 4.86. The molecule has 0 aliphatic rings. The lowest BCUT2D eigenvalue weighted by Gasteiger charge is -2.14. The molecule has 0 fully saturated rings. The number of fused-ring (bicyclic) bond motifs is 2. The molecule has 0 radical (unpaired) electrons. The summed E-state index contributed by atoms with van der Waals surface area (Å²) in [6.45, 7) is 5.05. The standard InChI is InChI=1S/C23H24N4O3S/c1-15(2)30-13-7-12-27-22(29)17-9-4-6-11-19(17)25-23(27)31-14-20-24-18-10-5-3-8-16(18)21(28)26-20/h3-6,8-11,15H,7,12-14H2,1-2H3,(H,24,26,28). The van der Waals surface area contributed by atoms with Crippen molar-refractivity contribution >= 4 is 33.6 Å². The Morgan fingerprint density at radius 3 is 2.42 bits per heavy atom. The maximum Gasteiger partial charge on any atom is 0.262 e. The van der Waals surface area contributed by atoms with E-state index in [0.717, 1.165) is 0 Å². The average Bonchev–Trinajstić information content (AvgIpc) is 2.76. The highest BCUT2D eigenvalue weighted by molar-refractivity contribution is 7.98. The number of aromatic nitrogens is 4. The van der Waals surface area contributed by atoms with Gasteiger partial charge in [-0.1, -0.05) is 36.0 Å². The van der Waals surface area contributed by atoms with Gasteiger partial charge in [-0.25, -0.2) is 9.97 Å². The van der Waals surface area contributed by atoms with Crippen molar-refractivity contribution in [2.24, 2.45) is 0 Å². The SMILES string of the molecule is CC(C)OCCCn1c(SCc2nc3ccccc3c(=O)[nH]2)nc2ccccc2c1=O. The Morgan fingerprint density at radius 2 is 1.68 bits per heavy atom. The summed E-state index contributed by atoms with van der Waals surface area (Å²) in [5.41, 5.74) is 1.06. The highest BCUT2D eigenvalue weighted by Crippen LogP contribution is 2.21. The van der Waals surface area contributed by atoms with E-state index < -0.39 is 0 Å². The molecular formula is C23H24N4O3S. The van der Waals surface area contributed by atoms with Crippen LogP contribution in [0, 0.1) is 0 Å². The number of nitrogens with one attached hydrogen (secondary N) is 1. The van der Waals surface area contributed by atoms with E-state index in [2.05, 4.69) is 9.97 Å². The van der Waals surface area contributed by atoms with Gasteiger partial charge in [0.15, 0.2) is 5.16 Å². The Balaban J connectivity index is 1.63. The van der Waals surface area contributed by atoms with Gasteiger partial charge in [0.05, 0.1) is 33.7 Å². The molecule has 0 aliphatic heterocycles. The van der Waals surface area contributed by atoms with Crippen LogP contribution in [0.5, 0.6) is 0 Å². The first-order chi connectivity index (χ1) is 15.0. The van der Waals surface area contributed by atoms with E-state index in [9.17, 15) is 9.59 Å². The van der Waals surface area contributed by atoms with Crippen molar-refractivity contribution in [2.45, 2.75) is 43.8 Å². The van der Waals surface area contributed by atoms with Gasteiger partial charge in [-0.3, -0.25) is 14.2 Å². The van der Waals surface area contributed by atoms with Crippen LogP contribution in [-0.4, -0.2) is 32.2 Å². The second kappa shape index (κ2) is 9.45. The van der Waals surface area contributed by atoms with Crippen LogP contribution < -0.4 is 11.1 Å². The number of hydrogen-bond donors (Lipinski definition) is 1. The van der Waals surface area contributed by atoms with Gasteiger partial charge in [-0.15, -0.1) is 0 Å². The molecule has 0 saturated heterocycles. The van der Waals surface area contributed by atoms with E-state index in [0.29, 0.717) is 58.1 Å². The third-order valence-electron chi connectivity index (χ3n) is 4.80. The van der Waals surface area contributed by atoms with E-state index in [1.807, 2.05) is 50.2 Å². The fourth-order valence-corrected chi connectivity index (χ4v) is 4.23. The number of thioether (sulfide) groups is 1. The first-order valence-corrected chi connectivity index (χ1v) is 11.2. The lowest BCUT2D eigenvalue weighted by molar-refractivity contribution is 0.0743. The van der Waals surface area contributed by atoms with Crippen LogP contribution >= 0.6 is 11.8 Å². The molecule has 0 unspecified atom stereocenters. The number of para-hydroxylation sites is 2. The molecule has 4 rings (SSSR count). The van der Waals surface area contributed by atoms with E-state index in [1.54, 1.807) is 16.7 Å². The predicted molar refractivity (Wildman–Crippen MR) is 124 cm³/mol. The second-order valence-electron chi connectivity index (χ2n) is 7.46. The smallest absolute Gasteiger partial charge is 0.262 e. The second-order valence-corrected chi connectivity index (χ2v) is 8.40.